The first-order valence-electron chi connectivity index (χ1n) is 9.21. The summed E-state index contributed by atoms with van der Waals surface area (Å²) in [6, 6.07) is 15.9. The second-order valence-electron chi connectivity index (χ2n) is 6.88. The Labute approximate surface area is 168 Å². The summed E-state index contributed by atoms with van der Waals surface area (Å²) in [7, 11) is 0. The van der Waals surface area contributed by atoms with Gasteiger partial charge in [0.2, 0.25) is 17.7 Å². The van der Waals surface area contributed by atoms with Crippen LogP contribution in [-0.2, 0) is 20.9 Å². The normalized spacial score (nSPS) is 15.8. The first-order valence-corrected chi connectivity index (χ1v) is 9.21. The molecule has 1 aliphatic heterocycles. The zero-order valence-corrected chi connectivity index (χ0v) is 15.8. The van der Waals surface area contributed by atoms with Crippen molar-refractivity contribution in [1.29, 1.82) is 0 Å². The molecule has 1 aliphatic rings. The number of primary amides is 1. The van der Waals surface area contributed by atoms with E-state index in [0.717, 1.165) is 5.56 Å². The third-order valence-electron chi connectivity index (χ3n) is 4.64. The van der Waals surface area contributed by atoms with E-state index in [1.54, 1.807) is 17.0 Å². The highest BCUT2D eigenvalue weighted by atomic mass is 16.2. The van der Waals surface area contributed by atoms with Gasteiger partial charge in [-0.05, 0) is 29.8 Å². The molecule has 4 amide bonds. The maximum Gasteiger partial charge on any atom is 0.251 e. The maximum atomic E-state index is 12.5. The van der Waals surface area contributed by atoms with E-state index in [1.807, 2.05) is 30.3 Å². The van der Waals surface area contributed by atoms with Crippen LogP contribution in [0.15, 0.2) is 54.6 Å². The number of amides is 4. The standard InChI is InChI=1S/C21H22N4O4/c22-18(26)11-23-20(28)15-6-8-17(9-7-15)24-21(29)16-10-19(27)25(13-16)12-14-4-2-1-3-5-14/h1-9,16H,10-13H2,(H2,22,26)(H,23,28)(H,24,29). The highest BCUT2D eigenvalue weighted by molar-refractivity contribution is 5.99. The Hall–Kier alpha value is -3.68. The van der Waals surface area contributed by atoms with Crippen molar-refractivity contribution in [3.63, 3.8) is 0 Å². The van der Waals surface area contributed by atoms with E-state index < -0.39 is 17.7 Å². The molecule has 1 atom stereocenters. The van der Waals surface area contributed by atoms with Gasteiger partial charge in [0.1, 0.15) is 0 Å². The van der Waals surface area contributed by atoms with Crippen molar-refractivity contribution in [1.82, 2.24) is 10.2 Å². The highest BCUT2D eigenvalue weighted by Crippen LogP contribution is 2.22. The predicted octanol–water partition coefficient (Wildman–Crippen LogP) is 0.889. The lowest BCUT2D eigenvalue weighted by Crippen LogP contribution is -2.33. The van der Waals surface area contributed by atoms with E-state index in [1.165, 1.54) is 12.1 Å². The van der Waals surface area contributed by atoms with Gasteiger partial charge in [0.05, 0.1) is 12.5 Å². The van der Waals surface area contributed by atoms with E-state index in [-0.39, 0.29) is 24.8 Å². The van der Waals surface area contributed by atoms with Gasteiger partial charge in [-0.2, -0.15) is 0 Å². The predicted molar refractivity (Wildman–Crippen MR) is 107 cm³/mol. The van der Waals surface area contributed by atoms with Gasteiger partial charge in [-0.15, -0.1) is 0 Å². The molecule has 0 bridgehead atoms. The fourth-order valence-corrected chi connectivity index (χ4v) is 3.12. The van der Waals surface area contributed by atoms with Crippen molar-refractivity contribution in [2.45, 2.75) is 13.0 Å². The number of nitrogens with two attached hydrogens (primary N) is 1. The first kappa shape index (κ1) is 20.1. The van der Waals surface area contributed by atoms with Crippen LogP contribution < -0.4 is 16.4 Å². The first-order chi connectivity index (χ1) is 13.9. The van der Waals surface area contributed by atoms with Crippen molar-refractivity contribution in [2.75, 3.05) is 18.4 Å². The summed E-state index contributed by atoms with van der Waals surface area (Å²) in [5.74, 6) is -1.77. The molecule has 2 aromatic carbocycles. The Morgan fingerprint density at radius 1 is 1.03 bits per heavy atom. The van der Waals surface area contributed by atoms with Gasteiger partial charge in [0.15, 0.2) is 0 Å². The lowest BCUT2D eigenvalue weighted by Gasteiger charge is -2.16. The SMILES string of the molecule is NC(=O)CNC(=O)c1ccc(NC(=O)C2CC(=O)N(Cc3ccccc3)C2)cc1. The molecule has 3 rings (SSSR count). The molecule has 1 fully saturated rings. The summed E-state index contributed by atoms with van der Waals surface area (Å²) in [6.07, 6.45) is 0.173. The molecule has 0 aliphatic carbocycles. The second kappa shape index (κ2) is 9.01. The molecule has 8 nitrogen and oxygen atoms in total. The number of hydrogen-bond acceptors (Lipinski definition) is 4. The molecular formula is C21H22N4O4. The van der Waals surface area contributed by atoms with Crippen LogP contribution in [0.5, 0.6) is 0 Å². The monoisotopic (exact) mass is 394 g/mol. The Morgan fingerprint density at radius 2 is 1.72 bits per heavy atom. The lowest BCUT2D eigenvalue weighted by atomic mass is 10.1. The average Bonchev–Trinajstić information content (AvgIpc) is 3.08. The number of carbonyl (C=O) groups is 4. The van der Waals surface area contributed by atoms with E-state index in [2.05, 4.69) is 10.6 Å². The largest absolute Gasteiger partial charge is 0.368 e. The number of nitrogens with zero attached hydrogens (tertiary/aromatic N) is 1. The number of hydrogen-bond donors (Lipinski definition) is 3. The van der Waals surface area contributed by atoms with Gasteiger partial charge in [0, 0.05) is 30.8 Å². The van der Waals surface area contributed by atoms with Gasteiger partial charge < -0.3 is 21.3 Å². The minimum absolute atomic E-state index is 0.0459. The molecule has 150 valence electrons. The number of anilines is 1. The van der Waals surface area contributed by atoms with Crippen molar-refractivity contribution in [3.05, 3.63) is 65.7 Å². The Morgan fingerprint density at radius 3 is 2.38 bits per heavy atom. The fourth-order valence-electron chi connectivity index (χ4n) is 3.12. The van der Waals surface area contributed by atoms with Crippen LogP contribution >= 0.6 is 0 Å². The zero-order valence-electron chi connectivity index (χ0n) is 15.8. The summed E-state index contributed by atoms with van der Waals surface area (Å²) in [5, 5.41) is 5.17. The third kappa shape index (κ3) is 5.41. The number of nitrogens with one attached hydrogen (secondary N) is 2. The molecular weight excluding hydrogens is 372 g/mol. The molecule has 1 heterocycles. The van der Waals surface area contributed by atoms with Crippen molar-refractivity contribution in [3.8, 4) is 0 Å². The maximum absolute atomic E-state index is 12.5. The van der Waals surface area contributed by atoms with Gasteiger partial charge in [0.25, 0.3) is 5.91 Å². The molecule has 1 saturated heterocycles. The van der Waals surface area contributed by atoms with E-state index in [9.17, 15) is 19.2 Å². The van der Waals surface area contributed by atoms with Gasteiger partial charge in [-0.3, -0.25) is 19.2 Å². The molecule has 8 heteroatoms. The summed E-state index contributed by atoms with van der Waals surface area (Å²) in [5.41, 5.74) is 6.88. The van der Waals surface area contributed by atoms with Crippen molar-refractivity contribution >= 4 is 29.3 Å². The zero-order chi connectivity index (χ0) is 20.8. The topological polar surface area (TPSA) is 122 Å². The summed E-state index contributed by atoms with van der Waals surface area (Å²) in [6.45, 7) is 0.609. The summed E-state index contributed by atoms with van der Waals surface area (Å²) < 4.78 is 0. The third-order valence-corrected chi connectivity index (χ3v) is 4.64. The Kier molecular flexibility index (Phi) is 6.23. The van der Waals surface area contributed by atoms with Crippen LogP contribution in [0.1, 0.15) is 22.3 Å². The summed E-state index contributed by atoms with van der Waals surface area (Å²) >= 11 is 0. The van der Waals surface area contributed by atoms with E-state index in [0.29, 0.717) is 24.3 Å². The molecule has 1 unspecified atom stereocenters. The van der Waals surface area contributed by atoms with E-state index in [4.69, 9.17) is 5.73 Å². The second-order valence-corrected chi connectivity index (χ2v) is 6.88. The van der Waals surface area contributed by atoms with Crippen LogP contribution in [-0.4, -0.2) is 41.6 Å². The molecule has 29 heavy (non-hydrogen) atoms. The van der Waals surface area contributed by atoms with Crippen LogP contribution in [0.2, 0.25) is 0 Å². The van der Waals surface area contributed by atoms with Gasteiger partial charge in [-0.1, -0.05) is 30.3 Å². The van der Waals surface area contributed by atoms with Gasteiger partial charge in [-0.25, -0.2) is 0 Å². The molecule has 0 spiro atoms. The average molecular weight is 394 g/mol. The lowest BCUT2D eigenvalue weighted by molar-refractivity contribution is -0.128. The van der Waals surface area contributed by atoms with Crippen LogP contribution in [0.25, 0.3) is 0 Å². The molecule has 0 saturated carbocycles. The molecule has 2 aromatic rings. The summed E-state index contributed by atoms with van der Waals surface area (Å²) in [4.78, 5) is 49.0. The van der Waals surface area contributed by atoms with Gasteiger partial charge >= 0.3 is 0 Å². The minimum Gasteiger partial charge on any atom is -0.368 e. The molecule has 0 radical (unpaired) electrons. The number of benzene rings is 2. The van der Waals surface area contributed by atoms with Crippen LogP contribution in [0.4, 0.5) is 5.69 Å². The van der Waals surface area contributed by atoms with Crippen LogP contribution in [0, 0.1) is 5.92 Å². The number of likely N-dealkylation sites (tertiary alicyclic amines) is 1. The smallest absolute Gasteiger partial charge is 0.251 e. The Bertz CT molecular complexity index is 912. The van der Waals surface area contributed by atoms with Crippen LogP contribution in [0.3, 0.4) is 0 Å². The van der Waals surface area contributed by atoms with Crippen molar-refractivity contribution < 1.29 is 19.2 Å². The van der Waals surface area contributed by atoms with E-state index >= 15 is 0 Å². The number of rotatable bonds is 7. The quantitative estimate of drug-likeness (QED) is 0.645. The minimum atomic E-state index is -0.630. The van der Waals surface area contributed by atoms with Crippen molar-refractivity contribution in [2.24, 2.45) is 11.7 Å². The fraction of sp³-hybridized carbons (Fsp3) is 0.238. The molecule has 0 aromatic heterocycles. The Balaban J connectivity index is 1.54. The highest BCUT2D eigenvalue weighted by Gasteiger charge is 2.34. The number of carbonyl (C=O) groups excluding carboxylic acids is 4. The molecule has 4 N–H and O–H groups in total.